The van der Waals surface area contributed by atoms with Crippen LogP contribution < -0.4 is 15.4 Å². The van der Waals surface area contributed by atoms with Crippen molar-refractivity contribution >= 4 is 17.5 Å². The van der Waals surface area contributed by atoms with Crippen molar-refractivity contribution in [2.75, 3.05) is 11.4 Å². The van der Waals surface area contributed by atoms with Crippen molar-refractivity contribution in [2.24, 2.45) is 5.73 Å². The Labute approximate surface area is 105 Å². The fraction of sp³-hybridized carbons (Fsp3) is 0.231. The van der Waals surface area contributed by atoms with Gasteiger partial charge in [-0.05, 0) is 25.1 Å². The van der Waals surface area contributed by atoms with E-state index in [1.165, 1.54) is 11.0 Å². The second-order valence-electron chi connectivity index (χ2n) is 3.93. The van der Waals surface area contributed by atoms with Crippen LogP contribution in [0.3, 0.4) is 0 Å². The minimum atomic E-state index is -0.811. The summed E-state index contributed by atoms with van der Waals surface area (Å²) in [5, 5.41) is 0. The van der Waals surface area contributed by atoms with Crippen LogP contribution in [0.1, 0.15) is 6.92 Å². The van der Waals surface area contributed by atoms with E-state index in [0.717, 1.165) is 0 Å². The highest BCUT2D eigenvalue weighted by atomic mass is 16.5. The number of amides is 2. The molecule has 1 aromatic carbocycles. The van der Waals surface area contributed by atoms with Crippen LogP contribution in [0.25, 0.3) is 0 Å². The number of anilines is 1. The van der Waals surface area contributed by atoms with Crippen LogP contribution in [0.2, 0.25) is 0 Å². The standard InChI is InChI=1S/C13H14N2O3/c1-2-5-12(16)15-8-11(13(14)17)18-10-7-4-3-6-9(10)15/h2-7,11H,8H2,1H3,(H2,14,17). The van der Waals surface area contributed by atoms with Crippen LogP contribution in [0.15, 0.2) is 36.4 Å². The Morgan fingerprint density at radius 2 is 2.17 bits per heavy atom. The predicted octanol–water partition coefficient (Wildman–Crippen LogP) is 0.842. The molecule has 1 aromatic rings. The quantitative estimate of drug-likeness (QED) is 0.786. The summed E-state index contributed by atoms with van der Waals surface area (Å²) in [6.45, 7) is 1.89. The van der Waals surface area contributed by atoms with Crippen LogP contribution in [-0.2, 0) is 9.59 Å². The van der Waals surface area contributed by atoms with Gasteiger partial charge in [-0.15, -0.1) is 0 Å². The third-order valence-electron chi connectivity index (χ3n) is 2.67. The van der Waals surface area contributed by atoms with Crippen molar-refractivity contribution in [3.05, 3.63) is 36.4 Å². The molecule has 2 rings (SSSR count). The molecule has 0 aromatic heterocycles. The minimum Gasteiger partial charge on any atom is -0.477 e. The fourth-order valence-electron chi connectivity index (χ4n) is 1.82. The summed E-state index contributed by atoms with van der Waals surface area (Å²) < 4.78 is 5.46. The lowest BCUT2D eigenvalue weighted by atomic mass is 10.1. The third kappa shape index (κ3) is 2.20. The Balaban J connectivity index is 2.39. The van der Waals surface area contributed by atoms with Gasteiger partial charge in [-0.3, -0.25) is 9.59 Å². The zero-order valence-electron chi connectivity index (χ0n) is 10.00. The van der Waals surface area contributed by atoms with E-state index in [0.29, 0.717) is 11.4 Å². The number of nitrogens with two attached hydrogens (primary N) is 1. The van der Waals surface area contributed by atoms with Crippen LogP contribution in [0.5, 0.6) is 5.75 Å². The first-order valence-corrected chi connectivity index (χ1v) is 5.62. The molecule has 1 aliphatic rings. The van der Waals surface area contributed by atoms with Gasteiger partial charge in [0.1, 0.15) is 5.75 Å². The van der Waals surface area contributed by atoms with Crippen LogP contribution >= 0.6 is 0 Å². The molecule has 94 valence electrons. The summed E-state index contributed by atoms with van der Waals surface area (Å²) in [5.41, 5.74) is 5.89. The van der Waals surface area contributed by atoms with Crippen molar-refractivity contribution in [3.8, 4) is 5.75 Å². The molecular weight excluding hydrogens is 232 g/mol. The Morgan fingerprint density at radius 1 is 1.44 bits per heavy atom. The monoisotopic (exact) mass is 246 g/mol. The maximum atomic E-state index is 12.0. The van der Waals surface area contributed by atoms with Crippen LogP contribution in [-0.4, -0.2) is 24.5 Å². The average molecular weight is 246 g/mol. The molecule has 5 nitrogen and oxygen atoms in total. The molecule has 1 unspecified atom stereocenters. The Hall–Kier alpha value is -2.30. The zero-order valence-corrected chi connectivity index (χ0v) is 10.00. The summed E-state index contributed by atoms with van der Waals surface area (Å²) in [7, 11) is 0. The molecule has 1 atom stereocenters. The van der Waals surface area contributed by atoms with Crippen molar-refractivity contribution in [1.82, 2.24) is 0 Å². The van der Waals surface area contributed by atoms with E-state index in [-0.39, 0.29) is 12.5 Å². The molecule has 18 heavy (non-hydrogen) atoms. The van der Waals surface area contributed by atoms with Gasteiger partial charge >= 0.3 is 0 Å². The number of hydrogen-bond donors (Lipinski definition) is 1. The molecule has 5 heteroatoms. The number of benzene rings is 1. The number of hydrogen-bond acceptors (Lipinski definition) is 3. The number of carbonyl (C=O) groups is 2. The van der Waals surface area contributed by atoms with E-state index in [9.17, 15) is 9.59 Å². The molecule has 0 spiro atoms. The van der Waals surface area contributed by atoms with Gasteiger partial charge in [0, 0.05) is 0 Å². The zero-order chi connectivity index (χ0) is 13.1. The SMILES string of the molecule is CC=CC(=O)N1CC(C(N)=O)Oc2ccccc21. The molecule has 0 saturated heterocycles. The lowest BCUT2D eigenvalue weighted by molar-refractivity contribution is -0.125. The fourth-order valence-corrected chi connectivity index (χ4v) is 1.82. The number of nitrogens with zero attached hydrogens (tertiary/aromatic N) is 1. The predicted molar refractivity (Wildman–Crippen MR) is 67.2 cm³/mol. The molecule has 1 aliphatic heterocycles. The van der Waals surface area contributed by atoms with E-state index in [2.05, 4.69) is 0 Å². The molecule has 0 bridgehead atoms. The molecule has 1 heterocycles. The van der Waals surface area contributed by atoms with Gasteiger partial charge in [0.2, 0.25) is 0 Å². The second-order valence-corrected chi connectivity index (χ2v) is 3.93. The minimum absolute atomic E-state index is 0.134. The van der Waals surface area contributed by atoms with Crippen molar-refractivity contribution in [2.45, 2.75) is 13.0 Å². The van der Waals surface area contributed by atoms with Crippen molar-refractivity contribution in [3.63, 3.8) is 0 Å². The molecule has 0 aliphatic carbocycles. The first-order valence-electron chi connectivity index (χ1n) is 5.62. The topological polar surface area (TPSA) is 72.6 Å². The number of fused-ring (bicyclic) bond motifs is 1. The average Bonchev–Trinajstić information content (AvgIpc) is 2.37. The maximum absolute atomic E-state index is 12.0. The Bertz CT molecular complexity index is 511. The van der Waals surface area contributed by atoms with E-state index in [4.69, 9.17) is 10.5 Å². The van der Waals surface area contributed by atoms with Gasteiger partial charge in [0.15, 0.2) is 6.10 Å². The normalized spacial score (nSPS) is 18.3. The largest absolute Gasteiger partial charge is 0.477 e. The first-order chi connectivity index (χ1) is 8.63. The van der Waals surface area contributed by atoms with Crippen LogP contribution in [0, 0.1) is 0 Å². The second kappa shape index (κ2) is 4.91. The van der Waals surface area contributed by atoms with E-state index in [1.54, 1.807) is 31.2 Å². The summed E-state index contributed by atoms with van der Waals surface area (Å²) in [6, 6.07) is 7.07. The summed E-state index contributed by atoms with van der Waals surface area (Å²) >= 11 is 0. The van der Waals surface area contributed by atoms with Gasteiger partial charge in [-0.2, -0.15) is 0 Å². The molecule has 0 fully saturated rings. The molecular formula is C13H14N2O3. The Kier molecular flexibility index (Phi) is 3.32. The molecule has 2 amide bonds. The first kappa shape index (κ1) is 12.2. The highest BCUT2D eigenvalue weighted by molar-refractivity contribution is 6.03. The summed E-state index contributed by atoms with van der Waals surface area (Å²) in [5.74, 6) is -0.285. The molecule has 0 radical (unpaired) electrons. The van der Waals surface area contributed by atoms with Gasteiger partial charge < -0.3 is 15.4 Å². The van der Waals surface area contributed by atoms with Gasteiger partial charge in [0.05, 0.1) is 12.2 Å². The number of primary amides is 1. The summed E-state index contributed by atoms with van der Waals surface area (Å²) in [6.07, 6.45) is 2.29. The van der Waals surface area contributed by atoms with Gasteiger partial charge in [-0.25, -0.2) is 0 Å². The van der Waals surface area contributed by atoms with Gasteiger partial charge in [-0.1, -0.05) is 18.2 Å². The molecule has 2 N–H and O–H groups in total. The smallest absolute Gasteiger partial charge is 0.260 e. The number of para-hydroxylation sites is 2. The van der Waals surface area contributed by atoms with E-state index >= 15 is 0 Å². The lowest BCUT2D eigenvalue weighted by Gasteiger charge is -2.32. The maximum Gasteiger partial charge on any atom is 0.260 e. The van der Waals surface area contributed by atoms with Crippen LogP contribution in [0.4, 0.5) is 5.69 Å². The van der Waals surface area contributed by atoms with Crippen molar-refractivity contribution in [1.29, 1.82) is 0 Å². The highest BCUT2D eigenvalue weighted by Crippen LogP contribution is 2.33. The number of ether oxygens (including phenoxy) is 1. The number of rotatable bonds is 2. The van der Waals surface area contributed by atoms with E-state index < -0.39 is 12.0 Å². The highest BCUT2D eigenvalue weighted by Gasteiger charge is 2.31. The van der Waals surface area contributed by atoms with Crippen molar-refractivity contribution < 1.29 is 14.3 Å². The third-order valence-corrected chi connectivity index (χ3v) is 2.67. The van der Waals surface area contributed by atoms with E-state index in [1.807, 2.05) is 6.07 Å². The lowest BCUT2D eigenvalue weighted by Crippen LogP contribution is -2.49. The number of allylic oxidation sites excluding steroid dienone is 1. The molecule has 0 saturated carbocycles. The van der Waals surface area contributed by atoms with Gasteiger partial charge in [0.25, 0.3) is 11.8 Å². The summed E-state index contributed by atoms with van der Waals surface area (Å²) in [4.78, 5) is 24.7. The Morgan fingerprint density at radius 3 is 2.83 bits per heavy atom. The number of carbonyl (C=O) groups excluding carboxylic acids is 2.